The summed E-state index contributed by atoms with van der Waals surface area (Å²) >= 11 is 0. The zero-order valence-corrected chi connectivity index (χ0v) is 12.4. The third-order valence-corrected chi connectivity index (χ3v) is 3.94. The number of hydrogen-bond acceptors (Lipinski definition) is 2. The molecule has 0 amide bonds. The number of benzene rings is 1. The first-order valence-electron chi connectivity index (χ1n) is 7.55. The number of halogens is 1. The first kappa shape index (κ1) is 14.6. The molecule has 0 spiro atoms. The van der Waals surface area contributed by atoms with Gasteiger partial charge in [0.2, 0.25) is 0 Å². The predicted octanol–water partition coefficient (Wildman–Crippen LogP) is 2.22. The second-order valence-corrected chi connectivity index (χ2v) is 5.61. The SMILES string of the molecule is NC(=NCc1ccn(-c2ccc(F)cc2)n1)NCC1CCC1. The minimum absolute atomic E-state index is 0.258. The van der Waals surface area contributed by atoms with Crippen LogP contribution in [0.1, 0.15) is 25.0 Å². The van der Waals surface area contributed by atoms with Gasteiger partial charge in [-0.25, -0.2) is 14.1 Å². The molecule has 116 valence electrons. The maximum absolute atomic E-state index is 12.9. The molecule has 1 aliphatic carbocycles. The Hall–Kier alpha value is -2.37. The van der Waals surface area contributed by atoms with Gasteiger partial charge >= 0.3 is 0 Å². The number of nitrogens with zero attached hydrogens (tertiary/aromatic N) is 3. The molecule has 1 heterocycles. The van der Waals surface area contributed by atoms with E-state index in [0.29, 0.717) is 12.5 Å². The van der Waals surface area contributed by atoms with Crippen molar-refractivity contribution in [2.45, 2.75) is 25.8 Å². The summed E-state index contributed by atoms with van der Waals surface area (Å²) in [6.07, 6.45) is 5.71. The van der Waals surface area contributed by atoms with Crippen LogP contribution in [-0.2, 0) is 6.54 Å². The second kappa shape index (κ2) is 6.60. The molecule has 1 aromatic carbocycles. The van der Waals surface area contributed by atoms with E-state index >= 15 is 0 Å². The molecule has 6 heteroatoms. The topological polar surface area (TPSA) is 68.2 Å². The highest BCUT2D eigenvalue weighted by Crippen LogP contribution is 2.24. The highest BCUT2D eigenvalue weighted by atomic mass is 19.1. The van der Waals surface area contributed by atoms with Gasteiger partial charge in [0.15, 0.2) is 5.96 Å². The number of rotatable bonds is 5. The molecule has 3 rings (SSSR count). The van der Waals surface area contributed by atoms with Gasteiger partial charge in [-0.2, -0.15) is 5.10 Å². The summed E-state index contributed by atoms with van der Waals surface area (Å²) in [5.41, 5.74) is 7.48. The van der Waals surface area contributed by atoms with E-state index in [1.165, 1.54) is 31.4 Å². The van der Waals surface area contributed by atoms with Crippen LogP contribution in [0.2, 0.25) is 0 Å². The van der Waals surface area contributed by atoms with Gasteiger partial charge in [0.05, 0.1) is 17.9 Å². The normalized spacial score (nSPS) is 15.6. The monoisotopic (exact) mass is 301 g/mol. The van der Waals surface area contributed by atoms with Crippen molar-refractivity contribution in [3.05, 3.63) is 48.0 Å². The molecule has 0 aliphatic heterocycles. The van der Waals surface area contributed by atoms with Crippen molar-refractivity contribution in [1.82, 2.24) is 15.1 Å². The van der Waals surface area contributed by atoms with Crippen LogP contribution in [0.25, 0.3) is 5.69 Å². The van der Waals surface area contributed by atoms with E-state index in [4.69, 9.17) is 5.73 Å². The van der Waals surface area contributed by atoms with Crippen molar-refractivity contribution >= 4 is 5.96 Å². The van der Waals surface area contributed by atoms with Crippen LogP contribution in [0.3, 0.4) is 0 Å². The van der Waals surface area contributed by atoms with Gasteiger partial charge in [0.1, 0.15) is 5.82 Å². The Morgan fingerprint density at radius 3 is 2.77 bits per heavy atom. The summed E-state index contributed by atoms with van der Waals surface area (Å²) in [6.45, 7) is 1.33. The van der Waals surface area contributed by atoms with Gasteiger partial charge in [-0.3, -0.25) is 0 Å². The van der Waals surface area contributed by atoms with Crippen LogP contribution >= 0.6 is 0 Å². The number of aromatic nitrogens is 2. The zero-order chi connectivity index (χ0) is 15.4. The first-order valence-corrected chi connectivity index (χ1v) is 7.55. The summed E-state index contributed by atoms with van der Waals surface area (Å²) in [6, 6.07) is 8.08. The molecule has 22 heavy (non-hydrogen) atoms. The molecule has 0 bridgehead atoms. The van der Waals surface area contributed by atoms with Gasteiger partial charge in [-0.15, -0.1) is 0 Å². The largest absolute Gasteiger partial charge is 0.370 e. The summed E-state index contributed by atoms with van der Waals surface area (Å²) in [7, 11) is 0. The zero-order valence-electron chi connectivity index (χ0n) is 12.4. The molecule has 5 nitrogen and oxygen atoms in total. The lowest BCUT2D eigenvalue weighted by Gasteiger charge is -2.25. The summed E-state index contributed by atoms with van der Waals surface area (Å²) in [5, 5.41) is 7.56. The average molecular weight is 301 g/mol. The molecular formula is C16H20FN5. The van der Waals surface area contributed by atoms with Crippen LogP contribution in [0.15, 0.2) is 41.5 Å². The Kier molecular flexibility index (Phi) is 4.37. The maximum atomic E-state index is 12.9. The Morgan fingerprint density at radius 1 is 1.32 bits per heavy atom. The minimum Gasteiger partial charge on any atom is -0.370 e. The lowest BCUT2D eigenvalue weighted by Crippen LogP contribution is -2.37. The molecule has 1 aromatic heterocycles. The molecule has 1 fully saturated rings. The third-order valence-electron chi connectivity index (χ3n) is 3.94. The van der Waals surface area contributed by atoms with Crippen LogP contribution in [-0.4, -0.2) is 22.3 Å². The van der Waals surface area contributed by atoms with Crippen molar-refractivity contribution in [3.8, 4) is 5.69 Å². The van der Waals surface area contributed by atoms with Crippen molar-refractivity contribution in [2.75, 3.05) is 6.54 Å². The predicted molar refractivity (Wildman–Crippen MR) is 84.2 cm³/mol. The van der Waals surface area contributed by atoms with E-state index in [1.807, 2.05) is 12.3 Å². The molecule has 0 atom stereocenters. The Bertz CT molecular complexity index is 643. The Labute approximate surface area is 129 Å². The van der Waals surface area contributed by atoms with Gasteiger partial charge in [-0.05, 0) is 49.1 Å². The van der Waals surface area contributed by atoms with Gasteiger partial charge in [0, 0.05) is 12.7 Å². The average Bonchev–Trinajstić information content (AvgIpc) is 2.93. The van der Waals surface area contributed by atoms with Gasteiger partial charge < -0.3 is 11.1 Å². The van der Waals surface area contributed by atoms with Crippen LogP contribution in [0.5, 0.6) is 0 Å². The van der Waals surface area contributed by atoms with Crippen molar-refractivity contribution < 1.29 is 4.39 Å². The number of nitrogens with one attached hydrogen (secondary N) is 1. The lowest BCUT2D eigenvalue weighted by atomic mass is 9.85. The Morgan fingerprint density at radius 2 is 2.09 bits per heavy atom. The number of guanidine groups is 1. The highest BCUT2D eigenvalue weighted by molar-refractivity contribution is 5.77. The van der Waals surface area contributed by atoms with Crippen molar-refractivity contribution in [3.63, 3.8) is 0 Å². The van der Waals surface area contributed by atoms with E-state index in [-0.39, 0.29) is 5.82 Å². The molecule has 0 saturated heterocycles. The van der Waals surface area contributed by atoms with Gasteiger partial charge in [0.25, 0.3) is 0 Å². The second-order valence-electron chi connectivity index (χ2n) is 5.61. The number of nitrogens with two attached hydrogens (primary N) is 1. The van der Waals surface area contributed by atoms with Gasteiger partial charge in [-0.1, -0.05) is 6.42 Å². The molecule has 0 unspecified atom stereocenters. The molecule has 3 N–H and O–H groups in total. The first-order chi connectivity index (χ1) is 10.7. The van der Waals surface area contributed by atoms with Crippen LogP contribution < -0.4 is 11.1 Å². The molecule has 2 aromatic rings. The summed E-state index contributed by atoms with van der Waals surface area (Å²) in [5.74, 6) is 0.945. The smallest absolute Gasteiger partial charge is 0.188 e. The minimum atomic E-state index is -0.258. The maximum Gasteiger partial charge on any atom is 0.188 e. The van der Waals surface area contributed by atoms with Crippen LogP contribution in [0.4, 0.5) is 4.39 Å². The standard InChI is InChI=1S/C16H20FN5/c17-13-4-6-15(7-5-13)22-9-8-14(21-22)11-20-16(18)19-10-12-2-1-3-12/h4-9,12H,1-3,10-11H2,(H3,18,19,20). The van der Waals surface area contributed by atoms with Crippen molar-refractivity contribution in [2.24, 2.45) is 16.6 Å². The fourth-order valence-electron chi connectivity index (χ4n) is 2.35. The van der Waals surface area contributed by atoms with Crippen LogP contribution in [0, 0.1) is 11.7 Å². The lowest BCUT2D eigenvalue weighted by molar-refractivity contribution is 0.315. The van der Waals surface area contributed by atoms with Crippen molar-refractivity contribution in [1.29, 1.82) is 0 Å². The van der Waals surface area contributed by atoms with E-state index in [0.717, 1.165) is 23.8 Å². The summed E-state index contributed by atoms with van der Waals surface area (Å²) in [4.78, 5) is 4.29. The molecule has 1 aliphatic rings. The molecular weight excluding hydrogens is 281 g/mol. The molecule has 0 radical (unpaired) electrons. The highest BCUT2D eigenvalue weighted by Gasteiger charge is 2.16. The van der Waals surface area contributed by atoms with E-state index in [1.54, 1.807) is 16.8 Å². The summed E-state index contributed by atoms with van der Waals surface area (Å²) < 4.78 is 14.6. The fourth-order valence-corrected chi connectivity index (χ4v) is 2.35. The number of hydrogen-bond donors (Lipinski definition) is 2. The van der Waals surface area contributed by atoms with E-state index in [2.05, 4.69) is 15.4 Å². The quantitative estimate of drug-likeness (QED) is 0.657. The van der Waals surface area contributed by atoms with E-state index < -0.39 is 0 Å². The Balaban J connectivity index is 1.55. The third kappa shape index (κ3) is 3.63. The number of aliphatic imine (C=N–C) groups is 1. The fraction of sp³-hybridized carbons (Fsp3) is 0.375. The molecule has 1 saturated carbocycles. The van der Waals surface area contributed by atoms with E-state index in [9.17, 15) is 4.39 Å².